The highest BCUT2D eigenvalue weighted by Gasteiger charge is 2.54. The number of aromatic amines is 1. The van der Waals surface area contributed by atoms with Crippen LogP contribution in [-0.4, -0.2) is 30.0 Å². The molecule has 0 spiro atoms. The third-order valence-electron chi connectivity index (χ3n) is 6.94. The lowest BCUT2D eigenvalue weighted by atomic mass is 9.49. The molecule has 0 amide bonds. The van der Waals surface area contributed by atoms with Gasteiger partial charge in [-0.05, 0) is 68.3 Å². The Bertz CT molecular complexity index is 944. The third kappa shape index (κ3) is 2.09. The number of rotatable bonds is 3. The van der Waals surface area contributed by atoms with Gasteiger partial charge in [-0.25, -0.2) is 0 Å². The summed E-state index contributed by atoms with van der Waals surface area (Å²) in [5, 5.41) is 22.6. The average Bonchev–Trinajstić information content (AvgIpc) is 3.28. The third-order valence-corrected chi connectivity index (χ3v) is 7.86. The molecule has 4 fully saturated rings. The van der Waals surface area contributed by atoms with Crippen LogP contribution >= 0.6 is 11.3 Å². The molecule has 3 aromatic rings. The van der Waals surface area contributed by atoms with Gasteiger partial charge in [-0.15, -0.1) is 10.2 Å². The number of nitrogens with one attached hydrogen (secondary N) is 1. The van der Waals surface area contributed by atoms with Gasteiger partial charge in [0.1, 0.15) is 5.69 Å². The van der Waals surface area contributed by atoms with Gasteiger partial charge in [0.2, 0.25) is 4.96 Å². The van der Waals surface area contributed by atoms with Gasteiger partial charge in [0.05, 0.1) is 0 Å². The summed E-state index contributed by atoms with van der Waals surface area (Å²) in [6.07, 6.45) is 8.17. The van der Waals surface area contributed by atoms with E-state index in [1.54, 1.807) is 11.3 Å². The number of fused-ring (bicyclic) bond motifs is 1. The maximum Gasteiger partial charge on any atom is 0.235 e. The average molecular weight is 369 g/mol. The predicted molar refractivity (Wildman–Crippen MR) is 100 cm³/mol. The molecule has 0 saturated heterocycles. The van der Waals surface area contributed by atoms with Gasteiger partial charge in [-0.2, -0.15) is 14.7 Å². The maximum absolute atomic E-state index is 4.90. The first kappa shape index (κ1) is 15.3. The van der Waals surface area contributed by atoms with Crippen LogP contribution in [0, 0.1) is 17.8 Å². The molecule has 4 aliphatic carbocycles. The highest BCUT2D eigenvalue weighted by atomic mass is 32.1. The molecule has 6 nitrogen and oxygen atoms in total. The van der Waals surface area contributed by atoms with Crippen LogP contribution in [0.2, 0.25) is 0 Å². The second kappa shape index (κ2) is 5.15. The molecule has 3 heterocycles. The fourth-order valence-corrected chi connectivity index (χ4v) is 6.98. The van der Waals surface area contributed by atoms with Crippen molar-refractivity contribution in [2.45, 2.75) is 63.7 Å². The van der Waals surface area contributed by atoms with Crippen LogP contribution in [0.1, 0.15) is 69.8 Å². The van der Waals surface area contributed by atoms with Crippen LogP contribution in [0.5, 0.6) is 0 Å². The predicted octanol–water partition coefficient (Wildman–Crippen LogP) is 4.17. The Kier molecular flexibility index (Phi) is 3.03. The van der Waals surface area contributed by atoms with Crippen LogP contribution in [0.15, 0.2) is 6.07 Å². The lowest BCUT2D eigenvalue weighted by molar-refractivity contribution is -0.0103. The zero-order chi connectivity index (χ0) is 17.5. The van der Waals surface area contributed by atoms with E-state index in [4.69, 9.17) is 5.10 Å². The summed E-state index contributed by atoms with van der Waals surface area (Å²) in [7, 11) is 0. The van der Waals surface area contributed by atoms with Crippen molar-refractivity contribution in [1.82, 2.24) is 30.0 Å². The maximum atomic E-state index is 4.90. The summed E-state index contributed by atoms with van der Waals surface area (Å²) in [6, 6.07) is 2.11. The van der Waals surface area contributed by atoms with Gasteiger partial charge < -0.3 is 0 Å². The molecule has 0 aromatic carbocycles. The number of aromatic nitrogens is 6. The summed E-state index contributed by atoms with van der Waals surface area (Å²) in [5.41, 5.74) is 2.28. The monoisotopic (exact) mass is 368 g/mol. The van der Waals surface area contributed by atoms with Crippen molar-refractivity contribution < 1.29 is 0 Å². The fraction of sp³-hybridized carbons (Fsp3) is 0.684. The van der Waals surface area contributed by atoms with Crippen LogP contribution in [0.25, 0.3) is 15.7 Å². The van der Waals surface area contributed by atoms with Crippen molar-refractivity contribution in [3.05, 3.63) is 17.6 Å². The molecule has 1 N–H and O–H groups in total. The molecule has 0 aliphatic heterocycles. The summed E-state index contributed by atoms with van der Waals surface area (Å²) in [4.78, 5) is 0.903. The van der Waals surface area contributed by atoms with Crippen molar-refractivity contribution in [3.8, 4) is 10.7 Å². The summed E-state index contributed by atoms with van der Waals surface area (Å²) >= 11 is 1.60. The first-order valence-electron chi connectivity index (χ1n) is 9.88. The summed E-state index contributed by atoms with van der Waals surface area (Å²) < 4.78 is 2.04. The second-order valence-electron chi connectivity index (χ2n) is 9.19. The van der Waals surface area contributed by atoms with Crippen molar-refractivity contribution in [2.24, 2.45) is 17.8 Å². The molecular formula is C19H24N6S. The molecule has 7 heteroatoms. The Balaban J connectivity index is 1.42. The van der Waals surface area contributed by atoms with Crippen molar-refractivity contribution in [3.63, 3.8) is 0 Å². The number of hydrogen-bond donors (Lipinski definition) is 1. The Hall–Kier alpha value is -1.76. The largest absolute Gasteiger partial charge is 0.282 e. The topological polar surface area (TPSA) is 71.8 Å². The van der Waals surface area contributed by atoms with E-state index < -0.39 is 0 Å². The minimum Gasteiger partial charge on any atom is -0.282 e. The van der Waals surface area contributed by atoms with Crippen molar-refractivity contribution in [1.29, 1.82) is 0 Å². The highest BCUT2D eigenvalue weighted by molar-refractivity contribution is 7.19. The van der Waals surface area contributed by atoms with E-state index in [9.17, 15) is 0 Å². The van der Waals surface area contributed by atoms with Crippen molar-refractivity contribution in [2.75, 3.05) is 0 Å². The smallest absolute Gasteiger partial charge is 0.235 e. The van der Waals surface area contributed by atoms with Gasteiger partial charge in [-0.3, -0.25) is 5.10 Å². The summed E-state index contributed by atoms with van der Waals surface area (Å²) in [6.45, 7) is 4.34. The van der Waals surface area contributed by atoms with Gasteiger partial charge in [0.15, 0.2) is 10.8 Å². The van der Waals surface area contributed by atoms with E-state index in [-0.39, 0.29) is 5.41 Å². The summed E-state index contributed by atoms with van der Waals surface area (Å²) in [5.74, 6) is 4.24. The fourth-order valence-electron chi connectivity index (χ4n) is 6.18. The number of H-pyrrole nitrogens is 1. The Labute approximate surface area is 156 Å². The van der Waals surface area contributed by atoms with E-state index in [1.165, 1.54) is 38.5 Å². The van der Waals surface area contributed by atoms with Gasteiger partial charge >= 0.3 is 0 Å². The normalized spacial score (nSPS) is 33.0. The first-order valence-corrected chi connectivity index (χ1v) is 10.7. The Morgan fingerprint density at radius 1 is 1.12 bits per heavy atom. The van der Waals surface area contributed by atoms with Crippen LogP contribution in [0.4, 0.5) is 0 Å². The minimum absolute atomic E-state index is 0.216. The lowest BCUT2D eigenvalue weighted by Crippen LogP contribution is -2.49. The minimum atomic E-state index is 0.216. The van der Waals surface area contributed by atoms with Gasteiger partial charge in [-0.1, -0.05) is 25.2 Å². The standard InChI is InChI=1S/C19H24N6S/c1-10(2)14-6-15(21-20-14)16-24-25-17(22-23-18(25)26-16)19-7-11-3-12(8-19)5-13(4-11)9-19/h6,10-13H,3-5,7-9H2,1-2H3,(H,20,21). The number of nitrogens with zero attached hydrogens (tertiary/aromatic N) is 5. The molecule has 0 atom stereocenters. The second-order valence-corrected chi connectivity index (χ2v) is 10.1. The van der Waals surface area contributed by atoms with E-state index in [0.29, 0.717) is 5.92 Å². The molecule has 4 bridgehead atoms. The number of hydrogen-bond acceptors (Lipinski definition) is 5. The van der Waals surface area contributed by atoms with Crippen molar-refractivity contribution >= 4 is 16.3 Å². The highest BCUT2D eigenvalue weighted by Crippen LogP contribution is 2.60. The molecule has 7 rings (SSSR count). The van der Waals surface area contributed by atoms with E-state index in [0.717, 1.165) is 44.9 Å². The molecule has 3 aromatic heterocycles. The van der Waals surface area contributed by atoms with E-state index >= 15 is 0 Å². The first-order chi connectivity index (χ1) is 12.6. The van der Waals surface area contributed by atoms with Gasteiger partial charge in [0.25, 0.3) is 0 Å². The molecule has 4 aliphatic rings. The zero-order valence-electron chi connectivity index (χ0n) is 15.3. The molecule has 4 saturated carbocycles. The molecule has 136 valence electrons. The lowest BCUT2D eigenvalue weighted by Gasteiger charge is -2.55. The van der Waals surface area contributed by atoms with Crippen LogP contribution < -0.4 is 0 Å². The quantitative estimate of drug-likeness (QED) is 0.753. The van der Waals surface area contributed by atoms with Crippen LogP contribution in [0.3, 0.4) is 0 Å². The Morgan fingerprint density at radius 2 is 1.81 bits per heavy atom. The van der Waals surface area contributed by atoms with Gasteiger partial charge in [0, 0.05) is 11.1 Å². The Morgan fingerprint density at radius 3 is 2.42 bits per heavy atom. The van der Waals surface area contributed by atoms with Crippen LogP contribution in [-0.2, 0) is 5.41 Å². The van der Waals surface area contributed by atoms with E-state index in [2.05, 4.69) is 40.3 Å². The zero-order valence-corrected chi connectivity index (χ0v) is 16.1. The molecule has 0 radical (unpaired) electrons. The van der Waals surface area contributed by atoms with E-state index in [1.807, 2.05) is 4.52 Å². The molecule has 26 heavy (non-hydrogen) atoms. The molecular weight excluding hydrogens is 344 g/mol. The SMILES string of the molecule is CC(C)c1cc(-c2nn3c(C45CC6CC(CC(C6)C4)C5)nnc3s2)n[nH]1. The molecule has 0 unspecified atom stereocenters.